The number of hydrogen-bond acceptors (Lipinski definition) is 7. The van der Waals surface area contributed by atoms with Gasteiger partial charge in [-0.05, 0) is 40.0 Å². The van der Waals surface area contributed by atoms with Crippen LogP contribution in [-0.2, 0) is 29.1 Å². The second-order valence-electron chi connectivity index (χ2n) is 8.70. The van der Waals surface area contributed by atoms with Crippen molar-refractivity contribution in [3.8, 4) is 0 Å². The summed E-state index contributed by atoms with van der Waals surface area (Å²) in [6.07, 6.45) is 0.440. The van der Waals surface area contributed by atoms with Crippen molar-refractivity contribution in [3.05, 3.63) is 77.1 Å². The molecule has 2 aromatic carbocycles. The largest absolute Gasteiger partial charge is 0.481 e. The first kappa shape index (κ1) is 24.5. The number of carboxylic acids is 1. The van der Waals surface area contributed by atoms with Crippen molar-refractivity contribution < 1.29 is 19.8 Å². The van der Waals surface area contributed by atoms with E-state index in [2.05, 4.69) is 33.0 Å². The van der Waals surface area contributed by atoms with Crippen molar-refractivity contribution in [3.63, 3.8) is 0 Å². The van der Waals surface area contributed by atoms with Crippen LogP contribution in [-0.4, -0.2) is 66.4 Å². The van der Waals surface area contributed by atoms with Gasteiger partial charge in [-0.1, -0.05) is 54.6 Å². The number of rotatable bonds is 11. The highest BCUT2D eigenvalue weighted by molar-refractivity contribution is 5.76. The van der Waals surface area contributed by atoms with E-state index in [4.69, 9.17) is 5.11 Å². The molecular weight excluding hydrogens is 448 g/mol. The van der Waals surface area contributed by atoms with E-state index in [1.807, 2.05) is 47.4 Å². The van der Waals surface area contributed by atoms with Crippen LogP contribution in [0.4, 0.5) is 0 Å². The molecule has 0 aliphatic carbocycles. The van der Waals surface area contributed by atoms with Crippen LogP contribution in [0.5, 0.6) is 0 Å². The van der Waals surface area contributed by atoms with E-state index in [9.17, 15) is 14.7 Å². The molecule has 10 nitrogen and oxygen atoms in total. The summed E-state index contributed by atoms with van der Waals surface area (Å²) in [6, 6.07) is 17.3. The minimum atomic E-state index is -1.07. The Morgan fingerprint density at radius 1 is 1.06 bits per heavy atom. The molecule has 2 atom stereocenters. The van der Waals surface area contributed by atoms with Crippen LogP contribution in [0.25, 0.3) is 0 Å². The zero-order chi connectivity index (χ0) is 24.6. The summed E-state index contributed by atoms with van der Waals surface area (Å²) in [6.45, 7) is 1.89. The van der Waals surface area contributed by atoms with Crippen molar-refractivity contribution in [2.45, 2.75) is 50.9 Å². The number of aliphatic hydroxyl groups is 1. The lowest BCUT2D eigenvalue weighted by Gasteiger charge is -2.29. The molecular formula is C25H30N6O4. The van der Waals surface area contributed by atoms with Crippen LogP contribution >= 0.6 is 0 Å². The van der Waals surface area contributed by atoms with Gasteiger partial charge in [0.2, 0.25) is 5.91 Å². The van der Waals surface area contributed by atoms with Gasteiger partial charge < -0.3 is 20.4 Å². The number of nitrogens with zero attached hydrogens (tertiary/aromatic N) is 5. The van der Waals surface area contributed by atoms with Crippen LogP contribution in [0.3, 0.4) is 0 Å². The zero-order valence-electron chi connectivity index (χ0n) is 19.5. The molecule has 2 heterocycles. The van der Waals surface area contributed by atoms with E-state index in [-0.39, 0.29) is 18.9 Å². The van der Waals surface area contributed by atoms with Gasteiger partial charge in [-0.15, -0.1) is 5.10 Å². The van der Waals surface area contributed by atoms with Gasteiger partial charge >= 0.3 is 5.97 Å². The highest BCUT2D eigenvalue weighted by Crippen LogP contribution is 2.21. The number of aryl methyl sites for hydroxylation is 1. The molecule has 1 amide bonds. The minimum absolute atomic E-state index is 0.0631. The number of carboxylic acid groups (broad SMARTS) is 1. The second-order valence-corrected chi connectivity index (χ2v) is 8.70. The Morgan fingerprint density at radius 3 is 2.57 bits per heavy atom. The van der Waals surface area contributed by atoms with E-state index in [1.54, 1.807) is 4.68 Å². The smallest absolute Gasteiger partial charge is 0.306 e. The van der Waals surface area contributed by atoms with Gasteiger partial charge in [0.05, 0.1) is 18.6 Å². The fraction of sp³-hybridized carbons (Fsp3) is 0.400. The Morgan fingerprint density at radius 2 is 1.80 bits per heavy atom. The van der Waals surface area contributed by atoms with Gasteiger partial charge in [0, 0.05) is 32.6 Å². The molecule has 1 aromatic heterocycles. The average molecular weight is 479 g/mol. The van der Waals surface area contributed by atoms with Gasteiger partial charge in [-0.25, -0.2) is 4.68 Å². The van der Waals surface area contributed by atoms with E-state index in [1.165, 1.54) is 11.1 Å². The summed E-state index contributed by atoms with van der Waals surface area (Å²) in [7, 11) is 0. The first-order valence-electron chi connectivity index (χ1n) is 11.8. The molecule has 0 radical (unpaired) electrons. The van der Waals surface area contributed by atoms with Crippen LogP contribution in [0.1, 0.15) is 47.8 Å². The molecule has 35 heavy (non-hydrogen) atoms. The van der Waals surface area contributed by atoms with Crippen LogP contribution in [0, 0.1) is 0 Å². The van der Waals surface area contributed by atoms with Gasteiger partial charge in [0.1, 0.15) is 0 Å². The topological polar surface area (TPSA) is 133 Å². The number of hydrogen-bond donors (Lipinski definition) is 3. The van der Waals surface area contributed by atoms with E-state index < -0.39 is 18.1 Å². The highest BCUT2D eigenvalue weighted by atomic mass is 16.4. The first-order valence-corrected chi connectivity index (χ1v) is 11.8. The Balaban J connectivity index is 1.37. The molecule has 1 aliphatic heterocycles. The number of amides is 1. The number of aliphatic hydroxyl groups excluding tert-OH is 1. The molecule has 0 spiro atoms. The van der Waals surface area contributed by atoms with Crippen LogP contribution in [0.15, 0.2) is 54.6 Å². The Bertz CT molecular complexity index is 1140. The number of carbonyl (C=O) groups excluding carboxylic acids is 1. The fourth-order valence-corrected chi connectivity index (χ4v) is 4.36. The summed E-state index contributed by atoms with van der Waals surface area (Å²) in [4.78, 5) is 25.6. The predicted octanol–water partition coefficient (Wildman–Crippen LogP) is 1.55. The third kappa shape index (κ3) is 6.49. The molecule has 4 rings (SSSR count). The molecule has 3 N–H and O–H groups in total. The lowest BCUT2D eigenvalue weighted by Crippen LogP contribution is -2.36. The molecule has 1 unspecified atom stereocenters. The van der Waals surface area contributed by atoms with E-state index in [0.717, 1.165) is 18.5 Å². The monoisotopic (exact) mass is 478 g/mol. The van der Waals surface area contributed by atoms with E-state index >= 15 is 0 Å². The Labute approximate surface area is 203 Å². The lowest BCUT2D eigenvalue weighted by atomic mass is 9.99. The third-order valence-corrected chi connectivity index (χ3v) is 6.16. The molecule has 1 aliphatic rings. The van der Waals surface area contributed by atoms with Crippen molar-refractivity contribution in [1.82, 2.24) is 30.4 Å². The quantitative estimate of drug-likeness (QED) is 0.378. The average Bonchev–Trinajstić information content (AvgIpc) is 3.32. The summed E-state index contributed by atoms with van der Waals surface area (Å²) >= 11 is 0. The van der Waals surface area contributed by atoms with Crippen LogP contribution in [0.2, 0.25) is 0 Å². The number of aromatic nitrogens is 4. The maximum atomic E-state index is 12.8. The van der Waals surface area contributed by atoms with Crippen molar-refractivity contribution in [1.29, 1.82) is 0 Å². The molecule has 0 bridgehead atoms. The van der Waals surface area contributed by atoms with Crippen LogP contribution < -0.4 is 5.32 Å². The van der Waals surface area contributed by atoms with E-state index in [0.29, 0.717) is 31.8 Å². The van der Waals surface area contributed by atoms with Gasteiger partial charge in [0.25, 0.3) is 0 Å². The second kappa shape index (κ2) is 11.7. The SMILES string of the molecule is O=C(O)CC(O)CN[C@@H](c1ccccc1)c1nnnn1CCCC(=O)N1CCc2ccccc2C1. The molecule has 184 valence electrons. The maximum absolute atomic E-state index is 12.8. The summed E-state index contributed by atoms with van der Waals surface area (Å²) in [5.74, 6) is -0.413. The minimum Gasteiger partial charge on any atom is -0.481 e. The Hall–Kier alpha value is -3.63. The number of benzene rings is 2. The maximum Gasteiger partial charge on any atom is 0.306 e. The number of aliphatic carboxylic acids is 1. The predicted molar refractivity (Wildman–Crippen MR) is 127 cm³/mol. The number of nitrogens with one attached hydrogen (secondary N) is 1. The summed E-state index contributed by atoms with van der Waals surface area (Å²) < 4.78 is 1.66. The number of carbonyl (C=O) groups is 2. The number of fused-ring (bicyclic) bond motifs is 1. The van der Waals surface area contributed by atoms with Gasteiger partial charge in [0.15, 0.2) is 5.82 Å². The molecule has 0 saturated heterocycles. The first-order chi connectivity index (χ1) is 17.0. The molecule has 3 aromatic rings. The summed E-state index contributed by atoms with van der Waals surface area (Å²) in [5, 5.41) is 34.3. The normalized spacial score (nSPS) is 14.8. The standard InChI is InChI=1S/C25H30N6O4/c32-21(15-23(34)35)16-26-24(19-8-2-1-3-9-19)25-27-28-29-31(25)13-6-11-22(33)30-14-12-18-7-4-5-10-20(18)17-30/h1-5,7-10,21,24,26,32H,6,11-17H2,(H,34,35)/t21?,24-/m0/s1. The van der Waals surface area contributed by atoms with Crippen molar-refractivity contribution >= 4 is 11.9 Å². The van der Waals surface area contributed by atoms with Gasteiger partial charge in [-0.2, -0.15) is 0 Å². The van der Waals surface area contributed by atoms with Crippen molar-refractivity contribution in [2.24, 2.45) is 0 Å². The molecule has 0 fully saturated rings. The Kier molecular flexibility index (Phi) is 8.17. The highest BCUT2D eigenvalue weighted by Gasteiger charge is 2.24. The summed E-state index contributed by atoms with van der Waals surface area (Å²) in [5.41, 5.74) is 3.40. The van der Waals surface area contributed by atoms with Gasteiger partial charge in [-0.3, -0.25) is 9.59 Å². The zero-order valence-corrected chi connectivity index (χ0v) is 19.5. The third-order valence-electron chi connectivity index (χ3n) is 6.16. The van der Waals surface area contributed by atoms with Crippen molar-refractivity contribution in [2.75, 3.05) is 13.1 Å². The number of tetrazole rings is 1. The molecule has 10 heteroatoms. The lowest BCUT2D eigenvalue weighted by molar-refractivity contribution is -0.139. The fourth-order valence-electron chi connectivity index (χ4n) is 4.36. The molecule has 0 saturated carbocycles.